The van der Waals surface area contributed by atoms with E-state index in [1.807, 2.05) is 0 Å². The standard InChI is InChI=1S/C13H10Cl2O2/c14-10-1-5-12(6-2-10)16-9-17-13-7-3-11(15)4-8-13/h1-8H,9H2. The Morgan fingerprint density at radius 1 is 0.647 bits per heavy atom. The fourth-order valence-electron chi connectivity index (χ4n) is 1.23. The fraction of sp³-hybridized carbons (Fsp3) is 0.0769. The number of hydrogen-bond acceptors (Lipinski definition) is 2. The topological polar surface area (TPSA) is 18.5 Å². The van der Waals surface area contributed by atoms with E-state index in [0.29, 0.717) is 21.5 Å². The minimum Gasteiger partial charge on any atom is -0.458 e. The van der Waals surface area contributed by atoms with Crippen molar-refractivity contribution in [1.29, 1.82) is 0 Å². The predicted molar refractivity (Wildman–Crippen MR) is 69.0 cm³/mol. The van der Waals surface area contributed by atoms with E-state index in [0.717, 1.165) is 0 Å². The van der Waals surface area contributed by atoms with Gasteiger partial charge in [-0.1, -0.05) is 23.2 Å². The molecule has 0 spiro atoms. The minimum absolute atomic E-state index is 0.142. The molecule has 0 N–H and O–H groups in total. The quantitative estimate of drug-likeness (QED) is 0.765. The molecule has 0 atom stereocenters. The monoisotopic (exact) mass is 268 g/mol. The Morgan fingerprint density at radius 3 is 1.35 bits per heavy atom. The summed E-state index contributed by atoms with van der Waals surface area (Å²) in [5.41, 5.74) is 0. The van der Waals surface area contributed by atoms with Crippen molar-refractivity contribution in [1.82, 2.24) is 0 Å². The first-order chi connectivity index (χ1) is 8.24. The molecule has 2 nitrogen and oxygen atoms in total. The van der Waals surface area contributed by atoms with Gasteiger partial charge in [0, 0.05) is 10.0 Å². The third kappa shape index (κ3) is 3.84. The van der Waals surface area contributed by atoms with Crippen LogP contribution in [0.5, 0.6) is 11.5 Å². The third-order valence-corrected chi connectivity index (χ3v) is 2.58. The van der Waals surface area contributed by atoms with Crippen LogP contribution in [0.1, 0.15) is 0 Å². The molecule has 0 radical (unpaired) electrons. The van der Waals surface area contributed by atoms with Gasteiger partial charge >= 0.3 is 0 Å². The Morgan fingerprint density at radius 2 is 1.00 bits per heavy atom. The summed E-state index contributed by atoms with van der Waals surface area (Å²) in [5.74, 6) is 1.42. The average Bonchev–Trinajstić information content (AvgIpc) is 2.34. The molecule has 0 unspecified atom stereocenters. The summed E-state index contributed by atoms with van der Waals surface area (Å²) in [6.07, 6.45) is 0. The summed E-state index contributed by atoms with van der Waals surface area (Å²) in [6, 6.07) is 14.2. The normalized spacial score (nSPS) is 10.0. The summed E-state index contributed by atoms with van der Waals surface area (Å²) in [6.45, 7) is 0.142. The highest BCUT2D eigenvalue weighted by Crippen LogP contribution is 2.17. The molecule has 2 aromatic rings. The Labute approximate surface area is 110 Å². The highest BCUT2D eigenvalue weighted by molar-refractivity contribution is 6.30. The first kappa shape index (κ1) is 12.1. The van der Waals surface area contributed by atoms with E-state index < -0.39 is 0 Å². The van der Waals surface area contributed by atoms with Crippen molar-refractivity contribution in [3.63, 3.8) is 0 Å². The van der Waals surface area contributed by atoms with Crippen LogP contribution in [-0.2, 0) is 0 Å². The molecule has 0 saturated carbocycles. The van der Waals surface area contributed by atoms with E-state index in [1.54, 1.807) is 48.5 Å². The van der Waals surface area contributed by atoms with Gasteiger partial charge in [0.2, 0.25) is 6.79 Å². The van der Waals surface area contributed by atoms with Gasteiger partial charge in [-0.15, -0.1) is 0 Å². The first-order valence-electron chi connectivity index (χ1n) is 5.01. The van der Waals surface area contributed by atoms with Gasteiger partial charge < -0.3 is 9.47 Å². The van der Waals surface area contributed by atoms with E-state index in [4.69, 9.17) is 32.7 Å². The lowest BCUT2D eigenvalue weighted by Gasteiger charge is -2.08. The van der Waals surface area contributed by atoms with E-state index in [1.165, 1.54) is 0 Å². The molecule has 88 valence electrons. The lowest BCUT2D eigenvalue weighted by Crippen LogP contribution is -2.05. The van der Waals surface area contributed by atoms with E-state index >= 15 is 0 Å². The van der Waals surface area contributed by atoms with Crippen molar-refractivity contribution in [2.75, 3.05) is 6.79 Å². The molecule has 0 aromatic heterocycles. The summed E-state index contributed by atoms with van der Waals surface area (Å²) < 4.78 is 10.8. The van der Waals surface area contributed by atoms with Gasteiger partial charge in [0.15, 0.2) is 0 Å². The highest BCUT2D eigenvalue weighted by Gasteiger charge is 1.96. The van der Waals surface area contributed by atoms with Crippen LogP contribution in [0.25, 0.3) is 0 Å². The molecule has 4 heteroatoms. The number of halogens is 2. The van der Waals surface area contributed by atoms with Crippen LogP contribution < -0.4 is 9.47 Å². The number of benzene rings is 2. The zero-order valence-electron chi connectivity index (χ0n) is 8.90. The Kier molecular flexibility index (Phi) is 4.13. The third-order valence-electron chi connectivity index (χ3n) is 2.08. The Balaban J connectivity index is 1.83. The smallest absolute Gasteiger partial charge is 0.230 e. The maximum absolute atomic E-state index is 5.76. The van der Waals surface area contributed by atoms with Crippen molar-refractivity contribution in [3.05, 3.63) is 58.6 Å². The van der Waals surface area contributed by atoms with Crippen LogP contribution in [-0.4, -0.2) is 6.79 Å². The van der Waals surface area contributed by atoms with Gasteiger partial charge in [-0.2, -0.15) is 0 Å². The molecule has 0 amide bonds. The second kappa shape index (κ2) is 5.80. The summed E-state index contributed by atoms with van der Waals surface area (Å²) >= 11 is 11.5. The number of rotatable bonds is 4. The molecule has 0 bridgehead atoms. The molecular formula is C13H10Cl2O2. The first-order valence-corrected chi connectivity index (χ1v) is 5.76. The number of hydrogen-bond donors (Lipinski definition) is 0. The van der Waals surface area contributed by atoms with E-state index in [2.05, 4.69) is 0 Å². The molecule has 0 fully saturated rings. The molecule has 0 aliphatic carbocycles. The molecule has 0 heterocycles. The maximum atomic E-state index is 5.76. The number of ether oxygens (including phenoxy) is 2. The molecule has 0 aliphatic rings. The van der Waals surface area contributed by atoms with Gasteiger partial charge in [-0.25, -0.2) is 0 Å². The van der Waals surface area contributed by atoms with Crippen LogP contribution in [0, 0.1) is 0 Å². The molecule has 2 aromatic carbocycles. The van der Waals surface area contributed by atoms with Crippen molar-refractivity contribution >= 4 is 23.2 Å². The van der Waals surface area contributed by atoms with Crippen molar-refractivity contribution in [2.24, 2.45) is 0 Å². The average molecular weight is 269 g/mol. The van der Waals surface area contributed by atoms with E-state index in [-0.39, 0.29) is 6.79 Å². The van der Waals surface area contributed by atoms with Gasteiger partial charge in [0.25, 0.3) is 0 Å². The van der Waals surface area contributed by atoms with Crippen LogP contribution >= 0.6 is 23.2 Å². The van der Waals surface area contributed by atoms with Crippen molar-refractivity contribution in [2.45, 2.75) is 0 Å². The lowest BCUT2D eigenvalue weighted by molar-refractivity contribution is 0.120. The molecule has 2 rings (SSSR count). The van der Waals surface area contributed by atoms with Gasteiger partial charge in [0.1, 0.15) is 11.5 Å². The van der Waals surface area contributed by atoms with Crippen LogP contribution in [0.15, 0.2) is 48.5 Å². The van der Waals surface area contributed by atoms with Gasteiger partial charge in [-0.3, -0.25) is 0 Å². The summed E-state index contributed by atoms with van der Waals surface area (Å²) in [7, 11) is 0. The predicted octanol–water partition coefficient (Wildman–Crippen LogP) is 4.41. The van der Waals surface area contributed by atoms with Crippen LogP contribution in [0.3, 0.4) is 0 Å². The summed E-state index contributed by atoms with van der Waals surface area (Å²) in [5, 5.41) is 1.35. The van der Waals surface area contributed by atoms with Gasteiger partial charge in [-0.05, 0) is 48.5 Å². The highest BCUT2D eigenvalue weighted by atomic mass is 35.5. The van der Waals surface area contributed by atoms with Crippen LogP contribution in [0.4, 0.5) is 0 Å². The second-order valence-corrected chi connectivity index (χ2v) is 4.19. The van der Waals surface area contributed by atoms with Crippen molar-refractivity contribution in [3.8, 4) is 11.5 Å². The molecular weight excluding hydrogens is 259 g/mol. The Hall–Kier alpha value is -1.38. The molecule has 17 heavy (non-hydrogen) atoms. The minimum atomic E-state index is 0.142. The largest absolute Gasteiger partial charge is 0.458 e. The van der Waals surface area contributed by atoms with Crippen molar-refractivity contribution < 1.29 is 9.47 Å². The lowest BCUT2D eigenvalue weighted by atomic mass is 10.3. The molecule has 0 saturated heterocycles. The zero-order valence-corrected chi connectivity index (χ0v) is 10.4. The van der Waals surface area contributed by atoms with E-state index in [9.17, 15) is 0 Å². The second-order valence-electron chi connectivity index (χ2n) is 3.31. The van der Waals surface area contributed by atoms with Crippen LogP contribution in [0.2, 0.25) is 10.0 Å². The maximum Gasteiger partial charge on any atom is 0.230 e. The Bertz CT molecular complexity index is 420. The molecule has 0 aliphatic heterocycles. The SMILES string of the molecule is Clc1ccc(OCOc2ccc(Cl)cc2)cc1. The fourth-order valence-corrected chi connectivity index (χ4v) is 1.48. The zero-order chi connectivity index (χ0) is 12.1. The summed E-state index contributed by atoms with van der Waals surface area (Å²) in [4.78, 5) is 0. The van der Waals surface area contributed by atoms with Gasteiger partial charge in [0.05, 0.1) is 0 Å².